The van der Waals surface area contributed by atoms with E-state index in [-0.39, 0.29) is 30.9 Å². The van der Waals surface area contributed by atoms with Gasteiger partial charge >= 0.3 is 0 Å². The molecule has 4 N–H and O–H groups in total. The molecule has 1 heterocycles. The molecule has 0 atom stereocenters. The standard InChI is InChI=1S/C14H20N2O4S/c1-2-14(7-17,8-18)16-13(20)10-5-6-11(21-10)15-12(19)9-3-4-9/h5-6,9,17-18H,2-4,7-8H2,1H3,(H,15,19)(H,16,20). The summed E-state index contributed by atoms with van der Waals surface area (Å²) >= 11 is 1.18. The minimum Gasteiger partial charge on any atom is -0.394 e. The monoisotopic (exact) mass is 312 g/mol. The average molecular weight is 312 g/mol. The molecule has 116 valence electrons. The van der Waals surface area contributed by atoms with E-state index in [0.29, 0.717) is 16.3 Å². The van der Waals surface area contributed by atoms with Gasteiger partial charge in [0, 0.05) is 5.92 Å². The first-order chi connectivity index (χ1) is 10.0. The van der Waals surface area contributed by atoms with E-state index in [1.165, 1.54) is 11.3 Å². The Bertz CT molecular complexity index is 513. The van der Waals surface area contributed by atoms with Crippen LogP contribution in [0, 0.1) is 5.92 Å². The van der Waals surface area contributed by atoms with Crippen LogP contribution in [0.3, 0.4) is 0 Å². The molecule has 0 unspecified atom stereocenters. The maximum Gasteiger partial charge on any atom is 0.262 e. The Morgan fingerprint density at radius 1 is 1.33 bits per heavy atom. The van der Waals surface area contributed by atoms with E-state index in [0.717, 1.165) is 12.8 Å². The van der Waals surface area contributed by atoms with Crippen molar-refractivity contribution in [3.63, 3.8) is 0 Å². The van der Waals surface area contributed by atoms with Crippen molar-refractivity contribution in [1.29, 1.82) is 0 Å². The van der Waals surface area contributed by atoms with Crippen molar-refractivity contribution in [1.82, 2.24) is 5.32 Å². The zero-order valence-electron chi connectivity index (χ0n) is 11.9. The first kappa shape index (κ1) is 15.9. The summed E-state index contributed by atoms with van der Waals surface area (Å²) in [6.45, 7) is 1.12. The smallest absolute Gasteiger partial charge is 0.262 e. The van der Waals surface area contributed by atoms with Crippen molar-refractivity contribution in [3.8, 4) is 0 Å². The summed E-state index contributed by atoms with van der Waals surface area (Å²) in [4.78, 5) is 24.2. The number of anilines is 1. The Balaban J connectivity index is 1.99. The van der Waals surface area contributed by atoms with E-state index >= 15 is 0 Å². The molecule has 0 aliphatic heterocycles. The van der Waals surface area contributed by atoms with Crippen LogP contribution >= 0.6 is 11.3 Å². The average Bonchev–Trinajstić information content (AvgIpc) is 3.25. The highest BCUT2D eigenvalue weighted by molar-refractivity contribution is 7.18. The van der Waals surface area contributed by atoms with Gasteiger partial charge in [-0.1, -0.05) is 6.92 Å². The quantitative estimate of drug-likeness (QED) is 0.602. The minimum atomic E-state index is -1.02. The summed E-state index contributed by atoms with van der Waals surface area (Å²) in [6.07, 6.45) is 2.27. The number of thiophene rings is 1. The molecule has 6 nitrogen and oxygen atoms in total. The zero-order chi connectivity index (χ0) is 15.5. The first-order valence-electron chi connectivity index (χ1n) is 6.98. The molecule has 1 fully saturated rings. The molecular weight excluding hydrogens is 292 g/mol. The van der Waals surface area contributed by atoms with Gasteiger partial charge in [-0.3, -0.25) is 9.59 Å². The fourth-order valence-corrected chi connectivity index (χ4v) is 2.64. The van der Waals surface area contributed by atoms with Crippen LogP contribution in [0.2, 0.25) is 0 Å². The van der Waals surface area contributed by atoms with Gasteiger partial charge in [0.25, 0.3) is 5.91 Å². The lowest BCUT2D eigenvalue weighted by Crippen LogP contribution is -2.53. The Kier molecular flexibility index (Phi) is 4.97. The highest BCUT2D eigenvalue weighted by atomic mass is 32.1. The highest BCUT2D eigenvalue weighted by Gasteiger charge is 2.31. The Hall–Kier alpha value is -1.44. The van der Waals surface area contributed by atoms with Crippen LogP contribution in [-0.4, -0.2) is 40.8 Å². The molecule has 1 saturated carbocycles. The minimum absolute atomic E-state index is 0.00238. The fraction of sp³-hybridized carbons (Fsp3) is 0.571. The molecule has 1 aliphatic carbocycles. The molecule has 0 radical (unpaired) electrons. The summed E-state index contributed by atoms with van der Waals surface area (Å²) in [7, 11) is 0. The molecule has 0 saturated heterocycles. The molecule has 1 aromatic heterocycles. The summed E-state index contributed by atoms with van der Waals surface area (Å²) in [5.74, 6) is -0.254. The van der Waals surface area contributed by atoms with E-state index in [2.05, 4.69) is 10.6 Å². The van der Waals surface area contributed by atoms with Crippen molar-refractivity contribution in [2.24, 2.45) is 5.92 Å². The molecule has 1 aromatic rings. The van der Waals surface area contributed by atoms with Crippen LogP contribution in [0.25, 0.3) is 0 Å². The van der Waals surface area contributed by atoms with Crippen LogP contribution in [0.4, 0.5) is 5.00 Å². The van der Waals surface area contributed by atoms with Gasteiger partial charge in [0.05, 0.1) is 28.6 Å². The van der Waals surface area contributed by atoms with Crippen molar-refractivity contribution in [2.75, 3.05) is 18.5 Å². The lowest BCUT2D eigenvalue weighted by atomic mass is 9.98. The third-order valence-electron chi connectivity index (χ3n) is 3.69. The van der Waals surface area contributed by atoms with Gasteiger partial charge in [-0.25, -0.2) is 0 Å². The number of amides is 2. The summed E-state index contributed by atoms with van der Waals surface area (Å²) < 4.78 is 0. The fourth-order valence-electron chi connectivity index (χ4n) is 1.84. The van der Waals surface area contributed by atoms with Crippen LogP contribution in [-0.2, 0) is 4.79 Å². The summed E-state index contributed by atoms with van der Waals surface area (Å²) in [5.41, 5.74) is -1.02. The van der Waals surface area contributed by atoms with Crippen molar-refractivity contribution >= 4 is 28.2 Å². The summed E-state index contributed by atoms with van der Waals surface area (Å²) in [6, 6.07) is 3.31. The third-order valence-corrected chi connectivity index (χ3v) is 4.68. The van der Waals surface area contributed by atoms with Gasteiger partial charge < -0.3 is 20.8 Å². The number of nitrogens with one attached hydrogen (secondary N) is 2. The zero-order valence-corrected chi connectivity index (χ0v) is 12.7. The van der Waals surface area contributed by atoms with E-state index in [1.807, 2.05) is 0 Å². The molecule has 1 aliphatic rings. The second-order valence-electron chi connectivity index (χ2n) is 5.33. The maximum atomic E-state index is 12.1. The predicted octanol–water partition coefficient (Wildman–Crippen LogP) is 0.960. The number of carbonyl (C=O) groups excluding carboxylic acids is 2. The molecule has 0 bridgehead atoms. The second-order valence-corrected chi connectivity index (χ2v) is 6.42. The number of aliphatic hydroxyl groups is 2. The molecular formula is C14H20N2O4S. The van der Waals surface area contributed by atoms with Crippen LogP contribution in [0.15, 0.2) is 12.1 Å². The van der Waals surface area contributed by atoms with Crippen LogP contribution in [0.5, 0.6) is 0 Å². The van der Waals surface area contributed by atoms with Gasteiger partial charge in [0.1, 0.15) is 0 Å². The topological polar surface area (TPSA) is 98.7 Å². The number of hydrogen-bond donors (Lipinski definition) is 4. The number of hydrogen-bond acceptors (Lipinski definition) is 5. The highest BCUT2D eigenvalue weighted by Crippen LogP contribution is 2.31. The third kappa shape index (κ3) is 3.81. The Morgan fingerprint density at radius 2 is 2.00 bits per heavy atom. The van der Waals surface area contributed by atoms with E-state index in [9.17, 15) is 19.8 Å². The molecule has 2 rings (SSSR count). The number of rotatable bonds is 7. The normalized spacial score (nSPS) is 14.8. The van der Waals surface area contributed by atoms with Crippen molar-refractivity contribution in [2.45, 2.75) is 31.7 Å². The van der Waals surface area contributed by atoms with Gasteiger partial charge in [-0.15, -0.1) is 11.3 Å². The molecule has 0 spiro atoms. The van der Waals surface area contributed by atoms with Crippen molar-refractivity contribution < 1.29 is 19.8 Å². The predicted molar refractivity (Wildman–Crippen MR) is 80.3 cm³/mol. The van der Waals surface area contributed by atoms with E-state index in [1.54, 1.807) is 19.1 Å². The number of aliphatic hydroxyl groups excluding tert-OH is 2. The second kappa shape index (κ2) is 6.55. The maximum absolute atomic E-state index is 12.1. The van der Waals surface area contributed by atoms with Gasteiger partial charge in [-0.05, 0) is 31.4 Å². The Morgan fingerprint density at radius 3 is 2.52 bits per heavy atom. The lowest BCUT2D eigenvalue weighted by molar-refractivity contribution is -0.117. The summed E-state index contributed by atoms with van der Waals surface area (Å²) in [5, 5.41) is 24.7. The van der Waals surface area contributed by atoms with Crippen LogP contribution in [0.1, 0.15) is 35.9 Å². The first-order valence-corrected chi connectivity index (χ1v) is 7.80. The SMILES string of the molecule is CCC(CO)(CO)NC(=O)c1ccc(NC(=O)C2CC2)s1. The molecule has 0 aromatic carbocycles. The van der Waals surface area contributed by atoms with Gasteiger partial charge in [0.2, 0.25) is 5.91 Å². The van der Waals surface area contributed by atoms with Crippen LogP contribution < -0.4 is 10.6 Å². The van der Waals surface area contributed by atoms with E-state index in [4.69, 9.17) is 0 Å². The van der Waals surface area contributed by atoms with E-state index < -0.39 is 5.54 Å². The van der Waals surface area contributed by atoms with Crippen molar-refractivity contribution in [3.05, 3.63) is 17.0 Å². The number of carbonyl (C=O) groups is 2. The van der Waals surface area contributed by atoms with Gasteiger partial charge in [0.15, 0.2) is 0 Å². The molecule has 21 heavy (non-hydrogen) atoms. The van der Waals surface area contributed by atoms with Gasteiger partial charge in [-0.2, -0.15) is 0 Å². The largest absolute Gasteiger partial charge is 0.394 e. The lowest BCUT2D eigenvalue weighted by Gasteiger charge is -2.29. The Labute approximate surface area is 127 Å². The molecule has 2 amide bonds. The molecule has 7 heteroatoms.